The highest BCUT2D eigenvalue weighted by atomic mass is 19.4. The van der Waals surface area contributed by atoms with Crippen LogP contribution >= 0.6 is 0 Å². The number of imide groups is 1. The van der Waals surface area contributed by atoms with E-state index >= 15 is 0 Å². The largest absolute Gasteiger partial charge is 0.441 e. The van der Waals surface area contributed by atoms with Gasteiger partial charge in [0.05, 0.1) is 11.1 Å². The third-order valence-corrected chi connectivity index (χ3v) is 8.30. The van der Waals surface area contributed by atoms with Crippen LogP contribution in [0, 0.1) is 18.7 Å². The second-order valence-electron chi connectivity index (χ2n) is 11.5. The molecule has 1 unspecified atom stereocenters. The molecule has 1 spiro atoms. The molecule has 3 heterocycles. The Kier molecular flexibility index (Phi) is 7.89. The SMILES string of the molecule is Cc1nc2cc(CN3C(=O)N(C)C(=O)C34CCN(C(=O)C(NC(=O)c3cc(C(F)(F)F)ccc3F)C(C)C)CC4)ccc2o1. The fourth-order valence-corrected chi connectivity index (χ4v) is 5.85. The average molecular weight is 618 g/mol. The molecule has 1 N–H and O–H groups in total. The van der Waals surface area contributed by atoms with Crippen molar-refractivity contribution in [3.05, 3.63) is 64.8 Å². The summed E-state index contributed by atoms with van der Waals surface area (Å²) in [5.74, 6) is -3.23. The molecular weight excluding hydrogens is 586 g/mol. The molecule has 2 aliphatic heterocycles. The fourth-order valence-electron chi connectivity index (χ4n) is 5.85. The maximum atomic E-state index is 14.4. The van der Waals surface area contributed by atoms with Gasteiger partial charge < -0.3 is 19.5 Å². The van der Waals surface area contributed by atoms with E-state index in [1.54, 1.807) is 39.0 Å². The van der Waals surface area contributed by atoms with Crippen molar-refractivity contribution < 1.29 is 41.2 Å². The third-order valence-electron chi connectivity index (χ3n) is 8.30. The van der Waals surface area contributed by atoms with Gasteiger partial charge in [-0.3, -0.25) is 19.3 Å². The molecule has 2 aliphatic rings. The summed E-state index contributed by atoms with van der Waals surface area (Å²) in [5, 5.41) is 2.40. The number of halogens is 4. The first-order valence-corrected chi connectivity index (χ1v) is 14.0. The summed E-state index contributed by atoms with van der Waals surface area (Å²) in [6.07, 6.45) is -4.54. The van der Waals surface area contributed by atoms with Gasteiger partial charge in [0.15, 0.2) is 11.5 Å². The standard InChI is InChI=1S/C30H31F4N5O5/c1-16(2)24(36-25(40)20-14-19(30(32,33)34)6-7-21(20)31)26(41)38-11-9-29(10-12-38)27(42)37(4)28(43)39(29)15-18-5-8-23-22(13-18)35-17(3)44-23/h5-8,13-14,16,24H,9-12,15H2,1-4H3,(H,36,40). The van der Waals surface area contributed by atoms with Gasteiger partial charge in [-0.2, -0.15) is 13.2 Å². The lowest BCUT2D eigenvalue weighted by molar-refractivity contribution is -0.142. The summed E-state index contributed by atoms with van der Waals surface area (Å²) in [4.78, 5) is 61.4. The van der Waals surface area contributed by atoms with Crippen molar-refractivity contribution in [1.82, 2.24) is 25.0 Å². The topological polar surface area (TPSA) is 116 Å². The zero-order valence-corrected chi connectivity index (χ0v) is 24.5. The first-order valence-electron chi connectivity index (χ1n) is 14.0. The van der Waals surface area contributed by atoms with Crippen molar-refractivity contribution in [2.45, 2.75) is 57.9 Å². The lowest BCUT2D eigenvalue weighted by Gasteiger charge is -2.43. The Hall–Kier alpha value is -4.49. The van der Waals surface area contributed by atoms with Crippen LogP contribution in [0.2, 0.25) is 0 Å². The number of piperidine rings is 1. The molecule has 0 bridgehead atoms. The predicted molar refractivity (Wildman–Crippen MR) is 148 cm³/mol. The number of likely N-dealkylation sites (N-methyl/N-ethyl adjacent to an activating group) is 1. The summed E-state index contributed by atoms with van der Waals surface area (Å²) < 4.78 is 59.4. The minimum atomic E-state index is -4.79. The van der Waals surface area contributed by atoms with Crippen molar-refractivity contribution in [2.75, 3.05) is 20.1 Å². The number of oxazole rings is 1. The number of carbonyl (C=O) groups is 4. The highest BCUT2D eigenvalue weighted by Gasteiger charge is 2.57. The Morgan fingerprint density at radius 1 is 1.09 bits per heavy atom. The smallest absolute Gasteiger partial charge is 0.416 e. The van der Waals surface area contributed by atoms with Crippen molar-refractivity contribution >= 4 is 34.9 Å². The van der Waals surface area contributed by atoms with Gasteiger partial charge in [0.1, 0.15) is 22.9 Å². The zero-order valence-electron chi connectivity index (χ0n) is 24.5. The molecule has 1 atom stereocenters. The number of nitrogens with zero attached hydrogens (tertiary/aromatic N) is 4. The number of amides is 5. The van der Waals surface area contributed by atoms with E-state index in [0.29, 0.717) is 35.2 Å². The molecule has 2 fully saturated rings. The number of carbonyl (C=O) groups excluding carboxylic acids is 4. The van der Waals surface area contributed by atoms with Crippen molar-refractivity contribution in [2.24, 2.45) is 5.92 Å². The Balaban J connectivity index is 1.32. The van der Waals surface area contributed by atoms with Gasteiger partial charge in [0.25, 0.3) is 11.8 Å². The number of hydrogen-bond donors (Lipinski definition) is 1. The first kappa shape index (κ1) is 31.0. The molecule has 234 valence electrons. The molecule has 3 aromatic rings. The minimum absolute atomic E-state index is 0.0702. The molecule has 5 rings (SSSR count). The van der Waals surface area contributed by atoms with E-state index in [1.165, 1.54) is 16.8 Å². The van der Waals surface area contributed by atoms with Crippen molar-refractivity contribution in [3.8, 4) is 0 Å². The van der Waals surface area contributed by atoms with Gasteiger partial charge in [-0.1, -0.05) is 19.9 Å². The van der Waals surface area contributed by atoms with Crippen LogP contribution in [-0.4, -0.2) is 75.2 Å². The number of benzene rings is 2. The van der Waals surface area contributed by atoms with Crippen LogP contribution in [0.5, 0.6) is 0 Å². The Bertz CT molecular complexity index is 1640. The number of hydrogen-bond acceptors (Lipinski definition) is 6. The molecule has 2 aromatic carbocycles. The molecule has 0 aliphatic carbocycles. The molecule has 1 aromatic heterocycles. The van der Waals surface area contributed by atoms with Crippen LogP contribution in [0.25, 0.3) is 11.1 Å². The van der Waals surface area contributed by atoms with Gasteiger partial charge >= 0.3 is 12.2 Å². The molecule has 0 radical (unpaired) electrons. The summed E-state index contributed by atoms with van der Waals surface area (Å²) >= 11 is 0. The normalized spacial score (nSPS) is 17.7. The highest BCUT2D eigenvalue weighted by molar-refractivity contribution is 6.07. The van der Waals surface area contributed by atoms with Crippen LogP contribution in [0.3, 0.4) is 0 Å². The van der Waals surface area contributed by atoms with E-state index in [-0.39, 0.29) is 38.4 Å². The maximum Gasteiger partial charge on any atom is 0.416 e. The molecule has 44 heavy (non-hydrogen) atoms. The fraction of sp³-hybridized carbons (Fsp3) is 0.433. The van der Waals surface area contributed by atoms with E-state index < -0.39 is 58.5 Å². The average Bonchev–Trinajstić information content (AvgIpc) is 3.42. The lowest BCUT2D eigenvalue weighted by atomic mass is 9.85. The number of alkyl halides is 3. The van der Waals surface area contributed by atoms with Crippen LogP contribution < -0.4 is 5.32 Å². The van der Waals surface area contributed by atoms with Crippen LogP contribution in [-0.2, 0) is 22.3 Å². The second-order valence-corrected chi connectivity index (χ2v) is 11.5. The molecule has 0 saturated carbocycles. The number of nitrogens with one attached hydrogen (secondary N) is 1. The molecule has 2 saturated heterocycles. The number of urea groups is 1. The number of aryl methyl sites for hydroxylation is 1. The van der Waals surface area contributed by atoms with E-state index in [4.69, 9.17) is 4.42 Å². The summed E-state index contributed by atoms with van der Waals surface area (Å²) in [6, 6.07) is 5.18. The highest BCUT2D eigenvalue weighted by Crippen LogP contribution is 2.38. The van der Waals surface area contributed by atoms with Gasteiger partial charge in [0.2, 0.25) is 5.91 Å². The molecule has 14 heteroatoms. The van der Waals surface area contributed by atoms with E-state index in [9.17, 15) is 36.7 Å². The second kappa shape index (κ2) is 11.2. The summed E-state index contributed by atoms with van der Waals surface area (Å²) in [5.41, 5.74) is -1.27. The number of likely N-dealkylation sites (tertiary alicyclic amines) is 1. The van der Waals surface area contributed by atoms with E-state index in [2.05, 4.69) is 10.3 Å². The zero-order chi connectivity index (χ0) is 32.1. The Morgan fingerprint density at radius 3 is 2.41 bits per heavy atom. The van der Waals surface area contributed by atoms with Gasteiger partial charge in [-0.05, 0) is 54.7 Å². The maximum absolute atomic E-state index is 14.4. The Labute approximate surface area is 250 Å². The van der Waals surface area contributed by atoms with Crippen molar-refractivity contribution in [3.63, 3.8) is 0 Å². The van der Waals surface area contributed by atoms with Crippen molar-refractivity contribution in [1.29, 1.82) is 0 Å². The Morgan fingerprint density at radius 2 is 1.77 bits per heavy atom. The molecule has 10 nitrogen and oxygen atoms in total. The number of rotatable bonds is 6. The van der Waals surface area contributed by atoms with Crippen LogP contribution in [0.1, 0.15) is 54.1 Å². The molecular formula is C30H31F4N5O5. The number of aromatic nitrogens is 1. The van der Waals surface area contributed by atoms with E-state index in [0.717, 1.165) is 10.5 Å². The quantitative estimate of drug-likeness (QED) is 0.322. The van der Waals surface area contributed by atoms with Crippen LogP contribution in [0.4, 0.5) is 22.4 Å². The van der Waals surface area contributed by atoms with E-state index in [1.807, 2.05) is 0 Å². The monoisotopic (exact) mass is 617 g/mol. The van der Waals surface area contributed by atoms with Gasteiger partial charge in [0, 0.05) is 33.6 Å². The van der Waals surface area contributed by atoms with Gasteiger partial charge in [-0.25, -0.2) is 14.2 Å². The molecule has 5 amide bonds. The summed E-state index contributed by atoms with van der Waals surface area (Å²) in [7, 11) is 1.41. The minimum Gasteiger partial charge on any atom is -0.441 e. The lowest BCUT2D eigenvalue weighted by Crippen LogP contribution is -2.60. The van der Waals surface area contributed by atoms with Crippen LogP contribution in [0.15, 0.2) is 40.8 Å². The predicted octanol–water partition coefficient (Wildman–Crippen LogP) is 4.50. The van der Waals surface area contributed by atoms with Gasteiger partial charge in [-0.15, -0.1) is 0 Å². The first-order chi connectivity index (χ1) is 20.6. The third kappa shape index (κ3) is 5.48. The summed E-state index contributed by atoms with van der Waals surface area (Å²) in [6.45, 7) is 5.26. The number of fused-ring (bicyclic) bond motifs is 1.